The van der Waals surface area contributed by atoms with Gasteiger partial charge in [-0.3, -0.25) is 0 Å². The summed E-state index contributed by atoms with van der Waals surface area (Å²) in [5.41, 5.74) is -1.84. The number of epoxide rings is 1. The van der Waals surface area contributed by atoms with Crippen LogP contribution >= 0.6 is 0 Å². The highest BCUT2D eigenvalue weighted by Gasteiger charge is 2.86. The number of ether oxygens (including phenoxy) is 5. The zero-order valence-corrected chi connectivity index (χ0v) is 23.8. The maximum Gasteiger partial charge on any atom is 0.331 e. The fourth-order valence-electron chi connectivity index (χ4n) is 10.6. The summed E-state index contributed by atoms with van der Waals surface area (Å²) in [4.78, 5) is 11.9. The Morgan fingerprint density at radius 2 is 1.85 bits per heavy atom. The number of hydrogen-bond donors (Lipinski definition) is 4. The maximum absolute atomic E-state index is 12.6. The predicted molar refractivity (Wildman–Crippen MR) is 139 cm³/mol. The molecule has 7 aliphatic rings. The SMILES string of the molecule is COC1C(O)[C@H](O[C@@H]2CC[C@]3(C)C4[C@H](O)C[C@]5(C)[C@@H](C6=CC(=O)OC6)CC[C@]5(O)C45O[C@@H]5C[C@@H]3C2)OC(C)[C@@H]1O. The molecule has 0 aromatic carbocycles. The number of esters is 1. The second-order valence-electron chi connectivity index (χ2n) is 14.2. The first-order chi connectivity index (χ1) is 18.9. The molecule has 4 saturated carbocycles. The van der Waals surface area contributed by atoms with E-state index in [-0.39, 0.29) is 48.0 Å². The highest BCUT2D eigenvalue weighted by atomic mass is 16.7. The quantitative estimate of drug-likeness (QED) is 0.223. The number of carbonyl (C=O) groups excluding carboxylic acids is 1. The lowest BCUT2D eigenvalue weighted by Crippen LogP contribution is -2.72. The van der Waals surface area contributed by atoms with Crippen LogP contribution in [-0.2, 0) is 28.5 Å². The van der Waals surface area contributed by atoms with Crippen LogP contribution in [0.25, 0.3) is 0 Å². The van der Waals surface area contributed by atoms with Gasteiger partial charge in [-0.2, -0.15) is 0 Å². The third-order valence-electron chi connectivity index (χ3n) is 12.6. The molecular weight excluding hydrogens is 520 g/mol. The minimum Gasteiger partial charge on any atom is -0.458 e. The van der Waals surface area contributed by atoms with Crippen LogP contribution in [0, 0.1) is 28.6 Å². The van der Waals surface area contributed by atoms with Gasteiger partial charge in [0.2, 0.25) is 0 Å². The van der Waals surface area contributed by atoms with E-state index in [1.165, 1.54) is 7.11 Å². The largest absolute Gasteiger partial charge is 0.458 e. The van der Waals surface area contributed by atoms with Crippen molar-refractivity contribution in [3.8, 4) is 0 Å². The lowest BCUT2D eigenvalue weighted by molar-refractivity contribution is -0.313. The fourth-order valence-corrected chi connectivity index (χ4v) is 10.6. The van der Waals surface area contributed by atoms with Crippen LogP contribution in [-0.4, -0.2) is 100 Å². The molecule has 7 rings (SSSR count). The van der Waals surface area contributed by atoms with E-state index in [1.54, 1.807) is 13.0 Å². The van der Waals surface area contributed by atoms with E-state index in [0.717, 1.165) is 37.7 Å². The first-order valence-corrected chi connectivity index (χ1v) is 15.0. The number of carbonyl (C=O) groups is 1. The molecule has 0 amide bonds. The van der Waals surface area contributed by atoms with Crippen LogP contribution in [0.1, 0.15) is 65.7 Å². The van der Waals surface area contributed by atoms with Gasteiger partial charge in [0.15, 0.2) is 6.29 Å². The van der Waals surface area contributed by atoms with Crippen molar-refractivity contribution in [3.05, 3.63) is 11.6 Å². The van der Waals surface area contributed by atoms with Crippen LogP contribution in [0.3, 0.4) is 0 Å². The van der Waals surface area contributed by atoms with E-state index in [9.17, 15) is 25.2 Å². The Bertz CT molecular complexity index is 1100. The molecule has 224 valence electrons. The first-order valence-electron chi connectivity index (χ1n) is 15.0. The van der Waals surface area contributed by atoms with Crippen molar-refractivity contribution in [2.24, 2.45) is 28.6 Å². The molecule has 1 spiro atoms. The van der Waals surface area contributed by atoms with Crippen molar-refractivity contribution in [1.82, 2.24) is 0 Å². The molecule has 0 bridgehead atoms. The topological polar surface area (TPSA) is 147 Å². The minimum absolute atomic E-state index is 0.0350. The molecule has 0 radical (unpaired) electrons. The van der Waals surface area contributed by atoms with E-state index >= 15 is 0 Å². The lowest BCUT2D eigenvalue weighted by Gasteiger charge is -2.63. The molecule has 0 aromatic heterocycles. The third kappa shape index (κ3) is 3.42. The van der Waals surface area contributed by atoms with Gasteiger partial charge in [0.25, 0.3) is 0 Å². The van der Waals surface area contributed by atoms with E-state index in [2.05, 4.69) is 13.8 Å². The Hall–Kier alpha value is -1.11. The summed E-state index contributed by atoms with van der Waals surface area (Å²) in [5, 5.41) is 45.6. The third-order valence-corrected chi connectivity index (χ3v) is 12.6. The predicted octanol–water partition coefficient (Wildman–Crippen LogP) is 1.21. The van der Waals surface area contributed by atoms with Crippen molar-refractivity contribution in [3.63, 3.8) is 0 Å². The maximum atomic E-state index is 12.6. The van der Waals surface area contributed by atoms with E-state index in [0.29, 0.717) is 12.8 Å². The summed E-state index contributed by atoms with van der Waals surface area (Å²) in [6.07, 6.45) is 1.17. The second kappa shape index (κ2) is 8.95. The molecule has 10 nitrogen and oxygen atoms in total. The summed E-state index contributed by atoms with van der Waals surface area (Å²) in [5.74, 6) is -0.362. The molecule has 15 atom stereocenters. The van der Waals surface area contributed by atoms with Crippen LogP contribution in [0.5, 0.6) is 0 Å². The van der Waals surface area contributed by atoms with Crippen LogP contribution < -0.4 is 0 Å². The number of rotatable bonds is 4. The number of cyclic esters (lactones) is 1. The molecule has 4 N–H and O–H groups in total. The smallest absolute Gasteiger partial charge is 0.331 e. The Balaban J connectivity index is 1.12. The van der Waals surface area contributed by atoms with Gasteiger partial charge in [-0.1, -0.05) is 13.8 Å². The zero-order valence-electron chi connectivity index (χ0n) is 23.8. The summed E-state index contributed by atoms with van der Waals surface area (Å²) in [7, 11) is 1.46. The molecule has 10 heteroatoms. The monoisotopic (exact) mass is 564 g/mol. The molecule has 4 aliphatic carbocycles. The van der Waals surface area contributed by atoms with Gasteiger partial charge >= 0.3 is 5.97 Å². The molecular formula is C30H44O10. The van der Waals surface area contributed by atoms with Gasteiger partial charge in [-0.05, 0) is 74.7 Å². The fraction of sp³-hybridized carbons (Fsp3) is 0.900. The summed E-state index contributed by atoms with van der Waals surface area (Å²) >= 11 is 0. The van der Waals surface area contributed by atoms with Crippen molar-refractivity contribution < 1.29 is 48.9 Å². The van der Waals surface area contributed by atoms with Gasteiger partial charge in [-0.25, -0.2) is 4.79 Å². The van der Waals surface area contributed by atoms with Gasteiger partial charge < -0.3 is 44.1 Å². The Morgan fingerprint density at radius 1 is 1.07 bits per heavy atom. The van der Waals surface area contributed by atoms with Gasteiger partial charge in [0.05, 0.1) is 24.4 Å². The zero-order chi connectivity index (χ0) is 28.4. The van der Waals surface area contributed by atoms with Crippen molar-refractivity contribution in [2.75, 3.05) is 13.7 Å². The van der Waals surface area contributed by atoms with Crippen molar-refractivity contribution in [2.45, 2.75) is 126 Å². The number of hydrogen-bond acceptors (Lipinski definition) is 10. The summed E-state index contributed by atoms with van der Waals surface area (Å²) < 4.78 is 29.3. The van der Waals surface area contributed by atoms with Gasteiger partial charge in [-0.15, -0.1) is 0 Å². The van der Waals surface area contributed by atoms with Crippen LogP contribution in [0.4, 0.5) is 0 Å². The average molecular weight is 565 g/mol. The Labute approximate surface area is 234 Å². The standard InChI is InChI=1S/C30H44O10/c1-14-22(33)24(36-4)23(34)26(38-14)39-17-5-7-27(2)16(10-17)11-20-30(40-20)25(27)19(31)12-28(3)18(6-8-29(28,30)35)15-9-21(32)37-13-15/h9,14,16-20,22-26,31,33-35H,5-8,10-13H2,1-4H3/t14?,16-,17+,18+,19+,20+,22-,23?,24?,25?,26-,27-,28+,29+,30?/m0/s1. The summed E-state index contributed by atoms with van der Waals surface area (Å²) in [6, 6.07) is 0. The van der Waals surface area contributed by atoms with Gasteiger partial charge in [0, 0.05) is 24.5 Å². The summed E-state index contributed by atoms with van der Waals surface area (Å²) in [6.45, 7) is 6.32. The molecule has 40 heavy (non-hydrogen) atoms. The van der Waals surface area contributed by atoms with Gasteiger partial charge in [0.1, 0.15) is 36.1 Å². The van der Waals surface area contributed by atoms with Crippen LogP contribution in [0.2, 0.25) is 0 Å². The van der Waals surface area contributed by atoms with E-state index in [1.807, 2.05) is 0 Å². The van der Waals surface area contributed by atoms with Crippen molar-refractivity contribution in [1.29, 1.82) is 0 Å². The molecule has 3 aliphatic heterocycles. The molecule has 0 aromatic rings. The Morgan fingerprint density at radius 3 is 2.55 bits per heavy atom. The number of aliphatic hydroxyl groups is 4. The first kappa shape index (κ1) is 27.7. The molecule has 2 saturated heterocycles. The minimum atomic E-state index is -1.10. The highest BCUT2D eigenvalue weighted by molar-refractivity contribution is 5.85. The Kier molecular flexibility index (Phi) is 6.20. The molecule has 6 fully saturated rings. The number of fused-ring (bicyclic) bond motifs is 3. The average Bonchev–Trinajstić information content (AvgIpc) is 3.34. The van der Waals surface area contributed by atoms with Crippen LogP contribution in [0.15, 0.2) is 11.6 Å². The lowest BCUT2D eigenvalue weighted by atomic mass is 9.42. The molecule has 5 unspecified atom stereocenters. The molecule has 3 heterocycles. The van der Waals surface area contributed by atoms with E-state index in [4.69, 9.17) is 23.7 Å². The number of aliphatic hydroxyl groups excluding tert-OH is 3. The van der Waals surface area contributed by atoms with Crippen molar-refractivity contribution >= 4 is 5.97 Å². The highest BCUT2D eigenvalue weighted by Crippen LogP contribution is 2.77. The van der Waals surface area contributed by atoms with E-state index < -0.39 is 53.4 Å². The number of methoxy groups -OCH3 is 1. The second-order valence-corrected chi connectivity index (χ2v) is 14.2. The normalized spacial score (nSPS) is 58.8.